The Balaban J connectivity index is 2.03. The average molecular weight is 330 g/mol. The third kappa shape index (κ3) is 4.58. The van der Waals surface area contributed by atoms with Crippen LogP contribution in [0.3, 0.4) is 0 Å². The zero-order chi connectivity index (χ0) is 17.7. The molecule has 0 spiro atoms. The van der Waals surface area contributed by atoms with Crippen molar-refractivity contribution in [2.45, 2.75) is 46.3 Å². The van der Waals surface area contributed by atoms with Crippen molar-refractivity contribution in [1.82, 2.24) is 15.1 Å². The van der Waals surface area contributed by atoms with Gasteiger partial charge in [0.05, 0.1) is 19.0 Å². The number of nitrogens with zero attached hydrogens (tertiary/aromatic N) is 2. The SMILES string of the molecule is COc1ccc(CNC(C)c2cnn(C(C)C)c2)cc1NC(C)=O. The predicted octanol–water partition coefficient (Wildman–Crippen LogP) is 3.28. The second-order valence-electron chi connectivity index (χ2n) is 6.17. The lowest BCUT2D eigenvalue weighted by Gasteiger charge is -2.14. The third-order valence-corrected chi connectivity index (χ3v) is 3.84. The van der Waals surface area contributed by atoms with Gasteiger partial charge in [-0.3, -0.25) is 9.48 Å². The van der Waals surface area contributed by atoms with Crippen molar-refractivity contribution in [2.75, 3.05) is 12.4 Å². The highest BCUT2D eigenvalue weighted by molar-refractivity contribution is 5.90. The van der Waals surface area contributed by atoms with Gasteiger partial charge in [0.25, 0.3) is 0 Å². The molecule has 0 aliphatic heterocycles. The van der Waals surface area contributed by atoms with Crippen molar-refractivity contribution in [3.8, 4) is 5.75 Å². The molecular formula is C18H26N4O2. The van der Waals surface area contributed by atoms with Crippen LogP contribution in [0, 0.1) is 0 Å². The number of aromatic nitrogens is 2. The molecule has 0 radical (unpaired) electrons. The van der Waals surface area contributed by atoms with Crippen LogP contribution in [-0.4, -0.2) is 22.8 Å². The highest BCUT2D eigenvalue weighted by atomic mass is 16.5. The number of anilines is 1. The van der Waals surface area contributed by atoms with Crippen LogP contribution in [0.1, 0.15) is 50.9 Å². The summed E-state index contributed by atoms with van der Waals surface area (Å²) >= 11 is 0. The molecule has 0 saturated carbocycles. The van der Waals surface area contributed by atoms with E-state index in [2.05, 4.69) is 42.7 Å². The summed E-state index contributed by atoms with van der Waals surface area (Å²) in [6.07, 6.45) is 3.97. The van der Waals surface area contributed by atoms with Crippen LogP contribution in [0.15, 0.2) is 30.6 Å². The molecule has 0 fully saturated rings. The van der Waals surface area contributed by atoms with Gasteiger partial charge in [0.15, 0.2) is 0 Å². The molecule has 6 nitrogen and oxygen atoms in total. The maximum atomic E-state index is 11.3. The third-order valence-electron chi connectivity index (χ3n) is 3.84. The van der Waals surface area contributed by atoms with Crippen LogP contribution >= 0.6 is 0 Å². The molecule has 0 aliphatic rings. The summed E-state index contributed by atoms with van der Waals surface area (Å²) in [7, 11) is 1.59. The van der Waals surface area contributed by atoms with Gasteiger partial charge in [-0.15, -0.1) is 0 Å². The van der Waals surface area contributed by atoms with Crippen LogP contribution in [0.2, 0.25) is 0 Å². The molecule has 1 atom stereocenters. The summed E-state index contributed by atoms with van der Waals surface area (Å²) in [6, 6.07) is 6.32. The molecular weight excluding hydrogens is 304 g/mol. The first-order chi connectivity index (χ1) is 11.4. The van der Waals surface area contributed by atoms with E-state index in [1.165, 1.54) is 6.92 Å². The van der Waals surface area contributed by atoms with E-state index in [1.807, 2.05) is 29.1 Å². The monoisotopic (exact) mass is 330 g/mol. The van der Waals surface area contributed by atoms with Gasteiger partial charge < -0.3 is 15.4 Å². The van der Waals surface area contributed by atoms with E-state index in [9.17, 15) is 4.79 Å². The van der Waals surface area contributed by atoms with Crippen molar-refractivity contribution in [3.63, 3.8) is 0 Å². The van der Waals surface area contributed by atoms with Crippen molar-refractivity contribution in [1.29, 1.82) is 0 Å². The number of amides is 1. The molecule has 2 rings (SSSR count). The Morgan fingerprint density at radius 3 is 2.67 bits per heavy atom. The van der Waals surface area contributed by atoms with E-state index in [-0.39, 0.29) is 11.9 Å². The first kappa shape index (κ1) is 18.0. The molecule has 130 valence electrons. The van der Waals surface area contributed by atoms with E-state index in [1.54, 1.807) is 7.11 Å². The van der Waals surface area contributed by atoms with E-state index in [0.29, 0.717) is 24.0 Å². The van der Waals surface area contributed by atoms with Crippen molar-refractivity contribution >= 4 is 11.6 Å². The largest absolute Gasteiger partial charge is 0.495 e. The molecule has 0 bridgehead atoms. The van der Waals surface area contributed by atoms with E-state index < -0.39 is 0 Å². The van der Waals surface area contributed by atoms with E-state index in [0.717, 1.165) is 11.1 Å². The molecule has 6 heteroatoms. The smallest absolute Gasteiger partial charge is 0.221 e. The van der Waals surface area contributed by atoms with Gasteiger partial charge in [-0.05, 0) is 38.5 Å². The van der Waals surface area contributed by atoms with Crippen LogP contribution in [0.4, 0.5) is 5.69 Å². The number of nitrogens with one attached hydrogen (secondary N) is 2. The van der Waals surface area contributed by atoms with Gasteiger partial charge in [0.1, 0.15) is 5.75 Å². The van der Waals surface area contributed by atoms with Crippen molar-refractivity contribution in [2.24, 2.45) is 0 Å². The second kappa shape index (κ2) is 7.97. The molecule has 24 heavy (non-hydrogen) atoms. The van der Waals surface area contributed by atoms with E-state index in [4.69, 9.17) is 4.74 Å². The number of hydrogen-bond donors (Lipinski definition) is 2. The first-order valence-electron chi connectivity index (χ1n) is 8.12. The second-order valence-corrected chi connectivity index (χ2v) is 6.17. The number of methoxy groups -OCH3 is 1. The fourth-order valence-corrected chi connectivity index (χ4v) is 2.40. The molecule has 2 aromatic rings. The maximum Gasteiger partial charge on any atom is 0.221 e. The first-order valence-corrected chi connectivity index (χ1v) is 8.12. The summed E-state index contributed by atoms with van der Waals surface area (Å²) < 4.78 is 7.23. The normalized spacial score (nSPS) is 12.2. The Hall–Kier alpha value is -2.34. The minimum atomic E-state index is -0.118. The summed E-state index contributed by atoms with van der Waals surface area (Å²) in [5.41, 5.74) is 2.91. The van der Waals surface area contributed by atoms with Gasteiger partial charge in [-0.25, -0.2) is 0 Å². The highest BCUT2D eigenvalue weighted by Gasteiger charge is 2.10. The fourth-order valence-electron chi connectivity index (χ4n) is 2.40. The summed E-state index contributed by atoms with van der Waals surface area (Å²) in [5, 5.41) is 10.6. The minimum Gasteiger partial charge on any atom is -0.495 e. The Morgan fingerprint density at radius 1 is 1.33 bits per heavy atom. The molecule has 1 aromatic heterocycles. The molecule has 0 aliphatic carbocycles. The maximum absolute atomic E-state index is 11.3. The zero-order valence-corrected chi connectivity index (χ0v) is 15.0. The van der Waals surface area contributed by atoms with Gasteiger partial charge in [0.2, 0.25) is 5.91 Å². The lowest BCUT2D eigenvalue weighted by molar-refractivity contribution is -0.114. The quantitative estimate of drug-likeness (QED) is 0.817. The van der Waals surface area contributed by atoms with Crippen molar-refractivity contribution < 1.29 is 9.53 Å². The lowest BCUT2D eigenvalue weighted by atomic mass is 10.1. The summed E-state index contributed by atoms with van der Waals surface area (Å²) in [5.74, 6) is 0.535. The molecule has 1 amide bonds. The Kier molecular flexibility index (Phi) is 5.98. The molecule has 1 aromatic carbocycles. The topological polar surface area (TPSA) is 68.2 Å². The number of ether oxygens (including phenoxy) is 1. The lowest BCUT2D eigenvalue weighted by Crippen LogP contribution is -2.18. The fraction of sp³-hybridized carbons (Fsp3) is 0.444. The predicted molar refractivity (Wildman–Crippen MR) is 95.2 cm³/mol. The van der Waals surface area contributed by atoms with Crippen LogP contribution in [0.5, 0.6) is 5.75 Å². The number of carbonyl (C=O) groups excluding carboxylic acids is 1. The van der Waals surface area contributed by atoms with Gasteiger partial charge >= 0.3 is 0 Å². The standard InChI is InChI=1S/C18H26N4O2/c1-12(2)22-11-16(10-20-22)13(3)19-9-15-6-7-18(24-5)17(8-15)21-14(4)23/h6-8,10-13,19H,9H2,1-5H3,(H,21,23). The van der Waals surface area contributed by atoms with Gasteiger partial charge in [-0.2, -0.15) is 5.10 Å². The average Bonchev–Trinajstić information content (AvgIpc) is 3.02. The van der Waals surface area contributed by atoms with Crippen LogP contribution in [0.25, 0.3) is 0 Å². The Morgan fingerprint density at radius 2 is 2.08 bits per heavy atom. The molecule has 2 N–H and O–H groups in total. The number of benzene rings is 1. The molecule has 1 unspecified atom stereocenters. The van der Waals surface area contributed by atoms with Gasteiger partial charge in [-0.1, -0.05) is 6.07 Å². The summed E-state index contributed by atoms with van der Waals surface area (Å²) in [4.78, 5) is 11.3. The van der Waals surface area contributed by atoms with Crippen LogP contribution < -0.4 is 15.4 Å². The Bertz CT molecular complexity index is 694. The van der Waals surface area contributed by atoms with Crippen LogP contribution in [-0.2, 0) is 11.3 Å². The minimum absolute atomic E-state index is 0.118. The molecule has 0 saturated heterocycles. The molecule has 1 heterocycles. The number of rotatable bonds is 7. The van der Waals surface area contributed by atoms with Crippen molar-refractivity contribution in [3.05, 3.63) is 41.7 Å². The van der Waals surface area contributed by atoms with E-state index >= 15 is 0 Å². The zero-order valence-electron chi connectivity index (χ0n) is 15.0. The Labute approximate surface area is 143 Å². The summed E-state index contributed by atoms with van der Waals surface area (Å²) in [6.45, 7) is 8.49. The number of carbonyl (C=O) groups is 1. The highest BCUT2D eigenvalue weighted by Crippen LogP contribution is 2.26. The van der Waals surface area contributed by atoms with Gasteiger partial charge in [0, 0.05) is 37.3 Å². The number of hydrogen-bond acceptors (Lipinski definition) is 4.